The predicted molar refractivity (Wildman–Crippen MR) is 134 cm³/mol. The molecule has 0 radical (unpaired) electrons. The Morgan fingerprint density at radius 1 is 0.422 bits per heavy atom. The first kappa shape index (κ1) is 37.0. The Balaban J connectivity index is 1.62. The van der Waals surface area contributed by atoms with Crippen LogP contribution in [0.25, 0.3) is 0 Å². The fourth-order valence-corrected chi connectivity index (χ4v) is 5.68. The first-order valence-electron chi connectivity index (χ1n) is 14.0. The second-order valence-corrected chi connectivity index (χ2v) is 11.4. The highest BCUT2D eigenvalue weighted by atomic mass is 16.8. The van der Waals surface area contributed by atoms with Gasteiger partial charge in [-0.1, -0.05) is 0 Å². The van der Waals surface area contributed by atoms with E-state index in [4.69, 9.17) is 33.2 Å². The monoisotopic (exact) mass is 666 g/mol. The van der Waals surface area contributed by atoms with E-state index in [1.54, 1.807) is 0 Å². The van der Waals surface area contributed by atoms with Crippen molar-refractivity contribution >= 4 is 0 Å². The van der Waals surface area contributed by atoms with E-state index < -0.39 is 149 Å². The third kappa shape index (κ3) is 6.37. The summed E-state index contributed by atoms with van der Waals surface area (Å²) in [4.78, 5) is 0. The van der Waals surface area contributed by atoms with Crippen LogP contribution in [0.1, 0.15) is 0 Å². The Labute approximate surface area is 254 Å². The number of hydrogen-bond acceptors (Lipinski definition) is 21. The minimum atomic E-state index is -2.72. The fourth-order valence-electron chi connectivity index (χ4n) is 5.68. The van der Waals surface area contributed by atoms with Crippen molar-refractivity contribution in [2.45, 2.75) is 96.4 Å². The zero-order chi connectivity index (χ0) is 33.5. The summed E-state index contributed by atoms with van der Waals surface area (Å²) < 4.78 is 38.3. The van der Waals surface area contributed by atoms with Crippen molar-refractivity contribution < 1.29 is 105 Å². The van der Waals surface area contributed by atoms with Crippen LogP contribution in [-0.4, -0.2) is 221 Å². The fraction of sp³-hybridized carbons (Fsp3) is 1.00. The average Bonchev–Trinajstić information content (AvgIpc) is 3.63. The number of aliphatic hydroxyl groups is 14. The minimum absolute atomic E-state index is 0.806. The summed E-state index contributed by atoms with van der Waals surface area (Å²) >= 11 is 0. The highest BCUT2D eigenvalue weighted by molar-refractivity contribution is 5.03. The summed E-state index contributed by atoms with van der Waals surface area (Å²) in [6, 6.07) is 0. The van der Waals surface area contributed by atoms with E-state index in [9.17, 15) is 71.5 Å². The van der Waals surface area contributed by atoms with Gasteiger partial charge in [0.25, 0.3) is 0 Å². The first-order chi connectivity index (χ1) is 21.1. The lowest BCUT2D eigenvalue weighted by molar-refractivity contribution is -0.374. The van der Waals surface area contributed by atoms with Gasteiger partial charge < -0.3 is 105 Å². The molecule has 4 saturated heterocycles. The molecule has 21 nitrogen and oxygen atoms in total. The summed E-state index contributed by atoms with van der Waals surface area (Å²) in [5.74, 6) is -10.4. The van der Waals surface area contributed by atoms with Crippen molar-refractivity contribution in [2.75, 3.05) is 52.9 Å². The first-order valence-corrected chi connectivity index (χ1v) is 14.0. The molecule has 4 fully saturated rings. The summed E-state index contributed by atoms with van der Waals surface area (Å²) in [6.07, 6.45) is -21.5. The minimum Gasteiger partial charge on any atom is -0.394 e. The van der Waals surface area contributed by atoms with Gasteiger partial charge in [-0.25, -0.2) is 0 Å². The highest BCUT2D eigenvalue weighted by Crippen LogP contribution is 2.41. The lowest BCUT2D eigenvalue weighted by atomic mass is 10.0. The molecule has 0 saturated carbocycles. The van der Waals surface area contributed by atoms with E-state index in [-0.39, 0.29) is 0 Å². The van der Waals surface area contributed by atoms with E-state index in [1.165, 1.54) is 0 Å². The largest absolute Gasteiger partial charge is 0.394 e. The third-order valence-corrected chi connectivity index (χ3v) is 8.54. The van der Waals surface area contributed by atoms with Gasteiger partial charge in [-0.15, -0.1) is 0 Å². The van der Waals surface area contributed by atoms with Crippen molar-refractivity contribution in [1.29, 1.82) is 0 Å². The van der Waals surface area contributed by atoms with Gasteiger partial charge in [0.1, 0.15) is 99.7 Å². The van der Waals surface area contributed by atoms with Gasteiger partial charge in [0.15, 0.2) is 0 Å². The Morgan fingerprint density at radius 2 is 0.733 bits per heavy atom. The molecule has 45 heavy (non-hydrogen) atoms. The molecular weight excluding hydrogens is 624 g/mol. The van der Waals surface area contributed by atoms with Crippen molar-refractivity contribution in [3.63, 3.8) is 0 Å². The summed E-state index contributed by atoms with van der Waals surface area (Å²) in [7, 11) is 0. The molecule has 14 N–H and O–H groups in total. The second kappa shape index (κ2) is 13.9. The van der Waals surface area contributed by atoms with Gasteiger partial charge in [0.2, 0.25) is 23.1 Å². The normalized spacial score (nSPS) is 51.9. The van der Waals surface area contributed by atoms with E-state index in [1.807, 2.05) is 0 Å². The molecule has 4 heterocycles. The topological polar surface area (TPSA) is 348 Å². The quantitative estimate of drug-likeness (QED) is 0.0818. The van der Waals surface area contributed by atoms with Gasteiger partial charge in [-0.05, 0) is 0 Å². The number of ether oxygens (including phenoxy) is 7. The standard InChI is InChI=1S/C24H42O21/c25-1-9-13(30)17(34)21(38,42-9)6-39-23(19(36)15(32)11(3-27)44-23)8-41-24(20(37)16(33)12(4-28)45-24)7-40-22(5-29)18(35)14(31)10(2-26)43-22/h9-20,25-38H,1-8H2/t9-,10-,11-,12-,13-,14-,15-,16-,17+,18+,19+,20+,21-,22-,23-,24-/m1/s1. The molecule has 0 amide bonds. The number of rotatable bonds is 14. The van der Waals surface area contributed by atoms with Gasteiger partial charge in [-0.2, -0.15) is 0 Å². The molecule has 4 rings (SSSR count). The maximum atomic E-state index is 11.0. The summed E-state index contributed by atoms with van der Waals surface area (Å²) in [5, 5.41) is 143. The SMILES string of the molecule is OC[C@H]1O[C@@](CO)(OC[C@@]2(OC[C@@]3(OC[C@@]4(O)O[C@H](CO)[C@@H](O)[C@@H]4O)O[C@H](CO)[C@@H](O)[C@@H]3O)O[C@H](CO)[C@@H](O)[C@@H]2O)[C@@H](O)[C@@H]1O. The molecule has 16 atom stereocenters. The van der Waals surface area contributed by atoms with Gasteiger partial charge in [0.05, 0.1) is 26.4 Å². The zero-order valence-corrected chi connectivity index (χ0v) is 23.7. The maximum absolute atomic E-state index is 11.0. The molecule has 0 spiro atoms. The van der Waals surface area contributed by atoms with Crippen molar-refractivity contribution in [2.24, 2.45) is 0 Å². The Bertz CT molecular complexity index is 979. The molecule has 0 unspecified atom stereocenters. The highest BCUT2D eigenvalue weighted by Gasteiger charge is 2.64. The molecule has 0 aromatic rings. The molecule has 21 heteroatoms. The molecule has 4 aliphatic heterocycles. The van der Waals surface area contributed by atoms with Crippen LogP contribution in [0.5, 0.6) is 0 Å². The number of aliphatic hydroxyl groups excluding tert-OH is 13. The van der Waals surface area contributed by atoms with E-state index in [2.05, 4.69) is 0 Å². The lowest BCUT2D eigenvalue weighted by Crippen LogP contribution is -2.59. The van der Waals surface area contributed by atoms with Crippen LogP contribution in [0.15, 0.2) is 0 Å². The molecular formula is C24H42O21. The van der Waals surface area contributed by atoms with Crippen molar-refractivity contribution in [3.05, 3.63) is 0 Å². The summed E-state index contributed by atoms with van der Waals surface area (Å²) in [6.45, 7) is -7.85. The molecule has 4 aliphatic rings. The van der Waals surface area contributed by atoms with Crippen LogP contribution >= 0.6 is 0 Å². The van der Waals surface area contributed by atoms with Crippen molar-refractivity contribution in [3.8, 4) is 0 Å². The third-order valence-electron chi connectivity index (χ3n) is 8.54. The van der Waals surface area contributed by atoms with Crippen LogP contribution in [0.3, 0.4) is 0 Å². The average molecular weight is 667 g/mol. The number of hydrogen-bond donors (Lipinski definition) is 14. The van der Waals surface area contributed by atoms with E-state index in [0.717, 1.165) is 0 Å². The Morgan fingerprint density at radius 3 is 1.09 bits per heavy atom. The van der Waals surface area contributed by atoms with Gasteiger partial charge in [0, 0.05) is 0 Å². The Hall–Kier alpha value is -0.840. The van der Waals surface area contributed by atoms with Crippen LogP contribution in [0.2, 0.25) is 0 Å². The second-order valence-electron chi connectivity index (χ2n) is 11.4. The van der Waals surface area contributed by atoms with Gasteiger partial charge in [-0.3, -0.25) is 0 Å². The van der Waals surface area contributed by atoms with Crippen LogP contribution in [-0.2, 0) is 33.2 Å². The molecule has 0 aromatic heterocycles. The smallest absolute Gasteiger partial charge is 0.222 e. The van der Waals surface area contributed by atoms with E-state index >= 15 is 0 Å². The van der Waals surface area contributed by atoms with E-state index in [0.29, 0.717) is 0 Å². The lowest BCUT2D eigenvalue weighted by Gasteiger charge is -2.40. The van der Waals surface area contributed by atoms with Crippen LogP contribution in [0, 0.1) is 0 Å². The summed E-state index contributed by atoms with van der Waals surface area (Å²) in [5.41, 5.74) is 0. The molecule has 264 valence electrons. The van der Waals surface area contributed by atoms with Crippen LogP contribution < -0.4 is 0 Å². The van der Waals surface area contributed by atoms with Gasteiger partial charge >= 0.3 is 0 Å². The molecule has 0 aromatic carbocycles. The van der Waals surface area contributed by atoms with Crippen molar-refractivity contribution in [1.82, 2.24) is 0 Å². The Kier molecular flexibility index (Phi) is 11.5. The molecule has 0 bridgehead atoms. The molecule has 0 aliphatic carbocycles. The zero-order valence-electron chi connectivity index (χ0n) is 23.7. The maximum Gasteiger partial charge on any atom is 0.222 e. The van der Waals surface area contributed by atoms with Crippen LogP contribution in [0.4, 0.5) is 0 Å². The predicted octanol–water partition coefficient (Wildman–Crippen LogP) is -9.74.